The highest BCUT2D eigenvalue weighted by Crippen LogP contribution is 2.23. The van der Waals surface area contributed by atoms with Gasteiger partial charge in [0.2, 0.25) is 0 Å². The van der Waals surface area contributed by atoms with Crippen LogP contribution in [-0.4, -0.2) is 23.3 Å². The molecule has 0 bridgehead atoms. The Balaban J connectivity index is 1.56. The zero-order valence-corrected chi connectivity index (χ0v) is 15.3. The van der Waals surface area contributed by atoms with Gasteiger partial charge in [0.15, 0.2) is 12.4 Å². The molecule has 0 aliphatic rings. The van der Waals surface area contributed by atoms with E-state index in [0.29, 0.717) is 17.0 Å². The molecule has 0 atom stereocenters. The van der Waals surface area contributed by atoms with Gasteiger partial charge in [-0.25, -0.2) is 4.98 Å². The lowest BCUT2D eigenvalue weighted by Gasteiger charge is -2.08. The van der Waals surface area contributed by atoms with Crippen LogP contribution in [0.25, 0.3) is 11.3 Å². The van der Waals surface area contributed by atoms with Gasteiger partial charge in [0.1, 0.15) is 5.75 Å². The Bertz CT molecular complexity index is 932. The summed E-state index contributed by atoms with van der Waals surface area (Å²) in [5.74, 6) is 0.174. The number of Topliss-reactive ketones (excluding diaryl/α,β-unsaturated/α-hetero) is 1. The van der Waals surface area contributed by atoms with Crippen LogP contribution < -0.4 is 10.1 Å². The third kappa shape index (κ3) is 4.55. The van der Waals surface area contributed by atoms with Gasteiger partial charge in [0.05, 0.1) is 10.7 Å². The minimum atomic E-state index is -0.268. The van der Waals surface area contributed by atoms with E-state index in [2.05, 4.69) is 10.3 Å². The fraction of sp³-hybridized carbons (Fsp3) is 0.150. The molecule has 0 aliphatic carbocycles. The zero-order chi connectivity index (χ0) is 18.5. The number of ether oxygens (including phenoxy) is 1. The van der Waals surface area contributed by atoms with Crippen LogP contribution in [0.1, 0.15) is 22.3 Å². The first-order valence-corrected chi connectivity index (χ1v) is 8.95. The van der Waals surface area contributed by atoms with Crippen molar-refractivity contribution in [2.75, 3.05) is 11.9 Å². The van der Waals surface area contributed by atoms with Crippen molar-refractivity contribution < 1.29 is 14.3 Å². The van der Waals surface area contributed by atoms with Gasteiger partial charge in [-0.05, 0) is 38.1 Å². The second-order valence-corrected chi connectivity index (χ2v) is 6.81. The highest BCUT2D eigenvalue weighted by Gasteiger charge is 2.07. The molecule has 0 saturated carbocycles. The quantitative estimate of drug-likeness (QED) is 0.659. The molecule has 1 heterocycles. The van der Waals surface area contributed by atoms with Crippen molar-refractivity contribution in [3.05, 3.63) is 64.5 Å². The van der Waals surface area contributed by atoms with Crippen LogP contribution in [0, 0.1) is 6.92 Å². The van der Waals surface area contributed by atoms with E-state index in [-0.39, 0.29) is 18.3 Å². The number of carbonyl (C=O) groups excluding carboxylic acids is 2. The lowest BCUT2D eigenvalue weighted by atomic mass is 10.1. The van der Waals surface area contributed by atoms with E-state index in [1.54, 1.807) is 35.6 Å². The van der Waals surface area contributed by atoms with E-state index in [9.17, 15) is 9.59 Å². The topological polar surface area (TPSA) is 68.3 Å². The number of benzene rings is 2. The van der Waals surface area contributed by atoms with Crippen molar-refractivity contribution >= 4 is 28.7 Å². The predicted octanol–water partition coefficient (Wildman–Crippen LogP) is 4.34. The molecule has 1 aromatic heterocycles. The van der Waals surface area contributed by atoms with Gasteiger partial charge < -0.3 is 10.1 Å². The average Bonchev–Trinajstić information content (AvgIpc) is 3.07. The Kier molecular flexibility index (Phi) is 5.43. The van der Waals surface area contributed by atoms with E-state index in [1.165, 1.54) is 6.92 Å². The summed E-state index contributed by atoms with van der Waals surface area (Å²) < 4.78 is 5.45. The number of rotatable bonds is 6. The molecule has 0 fully saturated rings. The van der Waals surface area contributed by atoms with Crippen molar-refractivity contribution in [3.63, 3.8) is 0 Å². The maximum atomic E-state index is 12.0. The number of carbonyl (C=O) groups is 2. The van der Waals surface area contributed by atoms with Gasteiger partial charge in [-0.15, -0.1) is 11.3 Å². The number of hydrogen-bond acceptors (Lipinski definition) is 5. The van der Waals surface area contributed by atoms with Gasteiger partial charge >= 0.3 is 0 Å². The van der Waals surface area contributed by atoms with Crippen molar-refractivity contribution in [2.45, 2.75) is 13.8 Å². The van der Waals surface area contributed by atoms with Crippen LogP contribution in [0.15, 0.2) is 53.9 Å². The smallest absolute Gasteiger partial charge is 0.262 e. The number of anilines is 1. The molecule has 3 rings (SSSR count). The number of nitrogens with one attached hydrogen (secondary N) is 1. The number of aromatic nitrogens is 1. The van der Waals surface area contributed by atoms with Crippen LogP contribution in [0.2, 0.25) is 0 Å². The highest BCUT2D eigenvalue weighted by molar-refractivity contribution is 7.09. The molecule has 0 saturated heterocycles. The van der Waals surface area contributed by atoms with Crippen molar-refractivity contribution in [1.82, 2.24) is 4.98 Å². The first kappa shape index (κ1) is 17.8. The summed E-state index contributed by atoms with van der Waals surface area (Å²) in [4.78, 5) is 27.9. The number of thiazole rings is 1. The van der Waals surface area contributed by atoms with Crippen LogP contribution >= 0.6 is 11.3 Å². The number of aryl methyl sites for hydroxylation is 1. The normalized spacial score (nSPS) is 10.4. The molecule has 5 nitrogen and oxygen atoms in total. The van der Waals surface area contributed by atoms with Crippen molar-refractivity contribution in [3.8, 4) is 17.0 Å². The van der Waals surface area contributed by atoms with Crippen LogP contribution in [0.3, 0.4) is 0 Å². The molecular formula is C20H18N2O3S. The lowest BCUT2D eigenvalue weighted by molar-refractivity contribution is -0.118. The van der Waals surface area contributed by atoms with Crippen LogP contribution in [0.5, 0.6) is 5.75 Å². The average molecular weight is 366 g/mol. The zero-order valence-electron chi connectivity index (χ0n) is 14.5. The number of amides is 1. The molecular weight excluding hydrogens is 348 g/mol. The predicted molar refractivity (Wildman–Crippen MR) is 103 cm³/mol. The maximum Gasteiger partial charge on any atom is 0.262 e. The molecule has 0 spiro atoms. The van der Waals surface area contributed by atoms with E-state index in [4.69, 9.17) is 4.74 Å². The fourth-order valence-corrected chi connectivity index (χ4v) is 2.99. The van der Waals surface area contributed by atoms with Crippen LogP contribution in [-0.2, 0) is 4.79 Å². The van der Waals surface area contributed by atoms with Gasteiger partial charge in [0, 0.05) is 22.2 Å². The summed E-state index contributed by atoms with van der Waals surface area (Å²) >= 11 is 1.60. The molecule has 2 aromatic carbocycles. The minimum Gasteiger partial charge on any atom is -0.484 e. The second-order valence-electron chi connectivity index (χ2n) is 5.75. The summed E-state index contributed by atoms with van der Waals surface area (Å²) in [5, 5.41) is 5.81. The molecule has 0 unspecified atom stereocenters. The molecule has 132 valence electrons. The third-order valence-electron chi connectivity index (χ3n) is 3.69. The summed E-state index contributed by atoms with van der Waals surface area (Å²) in [7, 11) is 0. The Morgan fingerprint density at radius 2 is 1.92 bits per heavy atom. The highest BCUT2D eigenvalue weighted by atomic mass is 32.1. The minimum absolute atomic E-state index is 0.0460. The van der Waals surface area contributed by atoms with Crippen molar-refractivity contribution in [2.24, 2.45) is 0 Å². The van der Waals surface area contributed by atoms with Gasteiger partial charge in [-0.3, -0.25) is 9.59 Å². The Labute approximate surface area is 155 Å². The summed E-state index contributed by atoms with van der Waals surface area (Å²) in [6.45, 7) is 3.33. The molecule has 0 radical (unpaired) electrons. The molecule has 1 N–H and O–H groups in total. The number of nitrogens with zero attached hydrogens (tertiary/aromatic N) is 1. The Morgan fingerprint density at radius 3 is 2.58 bits per heavy atom. The second kappa shape index (κ2) is 7.93. The van der Waals surface area contributed by atoms with Crippen molar-refractivity contribution in [1.29, 1.82) is 0 Å². The standard InChI is InChI=1S/C20H18N2O3S/c1-13(23)16-4-3-5-18(10-16)25-11-20(24)22-17-8-6-15(7-9-17)19-12-26-14(2)21-19/h3-10,12H,11H2,1-2H3,(H,22,24). The van der Waals surface area contributed by atoms with Gasteiger partial charge in [0.25, 0.3) is 5.91 Å². The summed E-state index contributed by atoms with van der Waals surface area (Å²) in [5.41, 5.74) is 3.17. The number of ketones is 1. The largest absolute Gasteiger partial charge is 0.484 e. The molecule has 0 aliphatic heterocycles. The first-order chi connectivity index (χ1) is 12.5. The van der Waals surface area contributed by atoms with Crippen LogP contribution in [0.4, 0.5) is 5.69 Å². The summed E-state index contributed by atoms with van der Waals surface area (Å²) in [6, 6.07) is 14.3. The molecule has 26 heavy (non-hydrogen) atoms. The lowest BCUT2D eigenvalue weighted by Crippen LogP contribution is -2.20. The van der Waals surface area contributed by atoms with E-state index in [1.807, 2.05) is 36.6 Å². The molecule has 1 amide bonds. The van der Waals surface area contributed by atoms with E-state index in [0.717, 1.165) is 16.3 Å². The van der Waals surface area contributed by atoms with Gasteiger partial charge in [-0.2, -0.15) is 0 Å². The Hall–Kier alpha value is -2.99. The first-order valence-electron chi connectivity index (χ1n) is 8.07. The fourth-order valence-electron chi connectivity index (χ4n) is 2.37. The van der Waals surface area contributed by atoms with Gasteiger partial charge in [-0.1, -0.05) is 24.3 Å². The van der Waals surface area contributed by atoms with E-state index < -0.39 is 0 Å². The number of hydrogen-bond donors (Lipinski definition) is 1. The third-order valence-corrected chi connectivity index (χ3v) is 4.47. The maximum absolute atomic E-state index is 12.0. The monoisotopic (exact) mass is 366 g/mol. The Morgan fingerprint density at radius 1 is 1.15 bits per heavy atom. The SMILES string of the molecule is CC(=O)c1cccc(OCC(=O)Nc2ccc(-c3csc(C)n3)cc2)c1. The summed E-state index contributed by atoms with van der Waals surface area (Å²) in [6.07, 6.45) is 0. The molecule has 3 aromatic rings. The van der Waals surface area contributed by atoms with E-state index >= 15 is 0 Å². The molecule has 6 heteroatoms.